The van der Waals surface area contributed by atoms with Gasteiger partial charge >= 0.3 is 0 Å². The van der Waals surface area contributed by atoms with Crippen LogP contribution in [0.3, 0.4) is 0 Å². The summed E-state index contributed by atoms with van der Waals surface area (Å²) in [5.41, 5.74) is 0.924. The molecular formula is C7H7N3O. The second kappa shape index (κ2) is 2.25. The molecule has 3 N–H and O–H groups in total. The van der Waals surface area contributed by atoms with Gasteiger partial charge in [0.15, 0.2) is 0 Å². The molecule has 0 saturated carbocycles. The molecule has 0 atom stereocenters. The van der Waals surface area contributed by atoms with Crippen molar-refractivity contribution < 1.29 is 4.84 Å². The first-order valence-electron chi connectivity index (χ1n) is 3.21. The highest BCUT2D eigenvalue weighted by atomic mass is 16.6. The Labute approximate surface area is 62.9 Å². The minimum atomic E-state index is 0.431. The van der Waals surface area contributed by atoms with E-state index in [1.54, 1.807) is 0 Å². The molecule has 0 aliphatic rings. The third-order valence-corrected chi connectivity index (χ3v) is 1.55. The molecule has 0 spiro atoms. The lowest BCUT2D eigenvalue weighted by atomic mass is 10.2. The highest BCUT2D eigenvalue weighted by Gasteiger charge is 2.02. The minimum absolute atomic E-state index is 0.431. The van der Waals surface area contributed by atoms with Crippen molar-refractivity contribution in [1.29, 1.82) is 0 Å². The van der Waals surface area contributed by atoms with Crippen LogP contribution in [0.5, 0.6) is 5.88 Å². The van der Waals surface area contributed by atoms with Crippen molar-refractivity contribution >= 4 is 10.9 Å². The summed E-state index contributed by atoms with van der Waals surface area (Å²) < 4.78 is 0. The van der Waals surface area contributed by atoms with E-state index in [0.717, 1.165) is 10.9 Å². The summed E-state index contributed by atoms with van der Waals surface area (Å²) >= 11 is 0. The van der Waals surface area contributed by atoms with Crippen molar-refractivity contribution in [2.45, 2.75) is 0 Å². The van der Waals surface area contributed by atoms with Crippen molar-refractivity contribution in [2.75, 3.05) is 0 Å². The predicted molar refractivity (Wildman–Crippen MR) is 40.9 cm³/mol. The van der Waals surface area contributed by atoms with Gasteiger partial charge in [0.25, 0.3) is 5.88 Å². The molecule has 0 unspecified atom stereocenters. The summed E-state index contributed by atoms with van der Waals surface area (Å²) in [5, 5.41) is 7.52. The highest BCUT2D eigenvalue weighted by Crippen LogP contribution is 2.19. The fourth-order valence-electron chi connectivity index (χ4n) is 1.03. The van der Waals surface area contributed by atoms with Crippen molar-refractivity contribution in [3.8, 4) is 5.88 Å². The minimum Gasteiger partial charge on any atom is -0.389 e. The van der Waals surface area contributed by atoms with Gasteiger partial charge in [0.05, 0.1) is 10.9 Å². The van der Waals surface area contributed by atoms with Gasteiger partial charge in [-0.05, 0) is 12.1 Å². The zero-order chi connectivity index (χ0) is 7.68. The van der Waals surface area contributed by atoms with Crippen LogP contribution in [0.1, 0.15) is 0 Å². The number of benzene rings is 1. The largest absolute Gasteiger partial charge is 0.389 e. The number of para-hydroxylation sites is 1. The molecule has 4 nitrogen and oxygen atoms in total. The number of H-pyrrole nitrogens is 1. The first-order valence-corrected chi connectivity index (χ1v) is 3.21. The lowest BCUT2D eigenvalue weighted by Crippen LogP contribution is -2.01. The lowest BCUT2D eigenvalue weighted by Gasteiger charge is -1.90. The van der Waals surface area contributed by atoms with Gasteiger partial charge in [0.2, 0.25) is 0 Å². The third kappa shape index (κ3) is 0.841. The first kappa shape index (κ1) is 6.18. The summed E-state index contributed by atoms with van der Waals surface area (Å²) in [6.45, 7) is 0. The van der Waals surface area contributed by atoms with E-state index in [9.17, 15) is 0 Å². The van der Waals surface area contributed by atoms with Crippen LogP contribution >= 0.6 is 0 Å². The maximum absolute atomic E-state index is 4.98. The van der Waals surface area contributed by atoms with E-state index in [1.807, 2.05) is 24.3 Å². The number of fused-ring (bicyclic) bond motifs is 1. The van der Waals surface area contributed by atoms with Gasteiger partial charge in [0, 0.05) is 0 Å². The molecule has 1 aromatic heterocycles. The Morgan fingerprint density at radius 1 is 1.36 bits per heavy atom. The number of nitrogens with zero attached hydrogens (tertiary/aromatic N) is 1. The molecular weight excluding hydrogens is 142 g/mol. The molecule has 56 valence electrons. The number of nitrogens with one attached hydrogen (secondary N) is 1. The van der Waals surface area contributed by atoms with Gasteiger partial charge < -0.3 is 4.84 Å². The van der Waals surface area contributed by atoms with Gasteiger partial charge in [-0.2, -0.15) is 5.90 Å². The van der Waals surface area contributed by atoms with E-state index in [0.29, 0.717) is 5.88 Å². The zero-order valence-electron chi connectivity index (χ0n) is 5.74. The van der Waals surface area contributed by atoms with Crippen molar-refractivity contribution in [2.24, 2.45) is 5.90 Å². The van der Waals surface area contributed by atoms with Crippen molar-refractivity contribution in [3.05, 3.63) is 24.3 Å². The summed E-state index contributed by atoms with van der Waals surface area (Å²) in [6, 6.07) is 7.62. The number of aromatic amines is 1. The van der Waals surface area contributed by atoms with Gasteiger partial charge in [-0.15, -0.1) is 5.10 Å². The normalized spacial score (nSPS) is 10.3. The molecule has 0 saturated heterocycles. The van der Waals surface area contributed by atoms with E-state index >= 15 is 0 Å². The monoisotopic (exact) mass is 149 g/mol. The van der Waals surface area contributed by atoms with Gasteiger partial charge in [0.1, 0.15) is 0 Å². The number of nitrogens with two attached hydrogens (primary N) is 1. The maximum Gasteiger partial charge on any atom is 0.263 e. The Hall–Kier alpha value is -1.55. The molecule has 4 heteroatoms. The number of aromatic nitrogens is 2. The Morgan fingerprint density at radius 2 is 2.18 bits per heavy atom. The van der Waals surface area contributed by atoms with E-state index < -0.39 is 0 Å². The summed E-state index contributed by atoms with van der Waals surface area (Å²) in [7, 11) is 0. The van der Waals surface area contributed by atoms with E-state index in [4.69, 9.17) is 5.90 Å². The second-order valence-corrected chi connectivity index (χ2v) is 2.19. The van der Waals surface area contributed by atoms with Crippen LogP contribution in [0, 0.1) is 0 Å². The van der Waals surface area contributed by atoms with Crippen molar-refractivity contribution in [3.63, 3.8) is 0 Å². The molecule has 0 aliphatic carbocycles. The fraction of sp³-hybridized carbons (Fsp3) is 0. The van der Waals surface area contributed by atoms with Crippen LogP contribution in [-0.4, -0.2) is 10.2 Å². The molecule has 0 radical (unpaired) electrons. The van der Waals surface area contributed by atoms with Crippen LogP contribution < -0.4 is 10.7 Å². The van der Waals surface area contributed by atoms with E-state index in [2.05, 4.69) is 15.0 Å². The Kier molecular flexibility index (Phi) is 1.26. The zero-order valence-corrected chi connectivity index (χ0v) is 5.74. The third-order valence-electron chi connectivity index (χ3n) is 1.55. The molecule has 2 aromatic rings. The van der Waals surface area contributed by atoms with Gasteiger partial charge in [-0.25, -0.2) is 0 Å². The van der Waals surface area contributed by atoms with Crippen LogP contribution in [0.2, 0.25) is 0 Å². The number of hydrogen-bond acceptors (Lipinski definition) is 3. The van der Waals surface area contributed by atoms with Crippen LogP contribution in [0.25, 0.3) is 10.9 Å². The van der Waals surface area contributed by atoms with E-state index in [1.165, 1.54) is 0 Å². The first-order chi connectivity index (χ1) is 5.42. The van der Waals surface area contributed by atoms with Gasteiger partial charge in [-0.3, -0.25) is 5.10 Å². The molecule has 0 amide bonds. The summed E-state index contributed by atoms with van der Waals surface area (Å²) in [4.78, 5) is 4.53. The second-order valence-electron chi connectivity index (χ2n) is 2.19. The Bertz CT molecular complexity index is 368. The van der Waals surface area contributed by atoms with Crippen LogP contribution in [0.4, 0.5) is 0 Å². The maximum atomic E-state index is 4.98. The smallest absolute Gasteiger partial charge is 0.263 e. The molecule has 0 fully saturated rings. The average molecular weight is 149 g/mol. The van der Waals surface area contributed by atoms with E-state index in [-0.39, 0.29) is 0 Å². The molecule has 2 rings (SSSR count). The number of rotatable bonds is 1. The Balaban J connectivity index is 2.76. The lowest BCUT2D eigenvalue weighted by molar-refractivity contribution is 0.324. The predicted octanol–water partition coefficient (Wildman–Crippen LogP) is 0.815. The topological polar surface area (TPSA) is 63.9 Å². The molecule has 11 heavy (non-hydrogen) atoms. The highest BCUT2D eigenvalue weighted by molar-refractivity contribution is 5.83. The number of hydrogen-bond donors (Lipinski definition) is 2. The quantitative estimate of drug-likeness (QED) is 0.590. The molecule has 1 heterocycles. The Morgan fingerprint density at radius 3 is 3.00 bits per heavy atom. The van der Waals surface area contributed by atoms with Crippen LogP contribution in [-0.2, 0) is 0 Å². The standard InChI is InChI=1S/C7H7N3O/c8-11-7-5-3-1-2-4-6(5)9-10-7/h1-4H,8H2,(H,9,10). The fourth-order valence-corrected chi connectivity index (χ4v) is 1.03. The summed E-state index contributed by atoms with van der Waals surface area (Å²) in [6.07, 6.45) is 0. The van der Waals surface area contributed by atoms with Crippen molar-refractivity contribution in [1.82, 2.24) is 10.2 Å². The molecule has 0 aliphatic heterocycles. The molecule has 0 bridgehead atoms. The summed E-state index contributed by atoms with van der Waals surface area (Å²) in [5.74, 6) is 5.41. The average Bonchev–Trinajstić information content (AvgIpc) is 2.47. The SMILES string of the molecule is NOc1n[nH]c2ccccc12. The molecule has 1 aromatic carbocycles. The van der Waals surface area contributed by atoms with Gasteiger partial charge in [-0.1, -0.05) is 12.1 Å². The van der Waals surface area contributed by atoms with Crippen LogP contribution in [0.15, 0.2) is 24.3 Å².